The maximum atomic E-state index is 9.88. The van der Waals surface area contributed by atoms with E-state index in [1.54, 1.807) is 6.92 Å². The molecule has 0 saturated heterocycles. The number of benzene rings is 1. The molecule has 0 amide bonds. The van der Waals surface area contributed by atoms with Crippen molar-refractivity contribution in [2.45, 2.75) is 38.9 Å². The first-order valence-corrected chi connectivity index (χ1v) is 5.10. The highest BCUT2D eigenvalue weighted by Gasteiger charge is 2.20. The molecule has 1 atom stereocenters. The molecular formula is C12H18O2. The van der Waals surface area contributed by atoms with E-state index < -0.39 is 5.79 Å². The lowest BCUT2D eigenvalue weighted by Gasteiger charge is -2.24. The minimum atomic E-state index is -1.04. The molecule has 0 aliphatic heterocycles. The number of hydrogen-bond donors (Lipinski definition) is 1. The molecule has 0 fully saturated rings. The van der Waals surface area contributed by atoms with Gasteiger partial charge in [-0.1, -0.05) is 31.5 Å². The van der Waals surface area contributed by atoms with Crippen molar-refractivity contribution in [3.63, 3.8) is 0 Å². The lowest BCUT2D eigenvalue weighted by Crippen LogP contribution is -2.31. The standard InChI is InChI=1S/C12H18O2/c1-3-4-10-12(2,13)14-11-8-6-5-7-9-11/h5-9,13H,3-4,10H2,1-2H3. The van der Waals surface area contributed by atoms with Crippen LogP contribution in [0.1, 0.15) is 33.1 Å². The van der Waals surface area contributed by atoms with Gasteiger partial charge in [0.15, 0.2) is 0 Å². The van der Waals surface area contributed by atoms with Crippen LogP contribution in [0.15, 0.2) is 30.3 Å². The van der Waals surface area contributed by atoms with Gasteiger partial charge in [-0.05, 0) is 18.6 Å². The van der Waals surface area contributed by atoms with Gasteiger partial charge in [0.05, 0.1) is 0 Å². The number of rotatable bonds is 5. The molecule has 78 valence electrons. The van der Waals surface area contributed by atoms with Crippen LogP contribution in [-0.4, -0.2) is 10.9 Å². The average Bonchev–Trinajstić information content (AvgIpc) is 2.16. The Hall–Kier alpha value is -1.02. The van der Waals surface area contributed by atoms with E-state index >= 15 is 0 Å². The molecule has 0 aliphatic carbocycles. The Morgan fingerprint density at radius 3 is 2.50 bits per heavy atom. The molecule has 2 nitrogen and oxygen atoms in total. The lowest BCUT2D eigenvalue weighted by atomic mass is 10.1. The van der Waals surface area contributed by atoms with E-state index in [0.717, 1.165) is 12.8 Å². The molecule has 14 heavy (non-hydrogen) atoms. The van der Waals surface area contributed by atoms with Crippen LogP contribution in [0.3, 0.4) is 0 Å². The van der Waals surface area contributed by atoms with E-state index in [-0.39, 0.29) is 0 Å². The normalized spacial score (nSPS) is 14.8. The minimum Gasteiger partial charge on any atom is -0.463 e. The fourth-order valence-corrected chi connectivity index (χ4v) is 1.30. The molecule has 0 bridgehead atoms. The van der Waals surface area contributed by atoms with Gasteiger partial charge < -0.3 is 9.84 Å². The van der Waals surface area contributed by atoms with Gasteiger partial charge in [0.2, 0.25) is 5.79 Å². The van der Waals surface area contributed by atoms with E-state index in [4.69, 9.17) is 4.74 Å². The van der Waals surface area contributed by atoms with E-state index in [0.29, 0.717) is 12.2 Å². The molecule has 0 spiro atoms. The predicted octanol–water partition coefficient (Wildman–Crippen LogP) is 2.96. The van der Waals surface area contributed by atoms with E-state index in [2.05, 4.69) is 6.92 Å². The highest BCUT2D eigenvalue weighted by molar-refractivity contribution is 5.21. The first-order valence-electron chi connectivity index (χ1n) is 5.10. The summed E-state index contributed by atoms with van der Waals surface area (Å²) in [5.74, 6) is -0.328. The van der Waals surface area contributed by atoms with Crippen LogP contribution < -0.4 is 4.74 Å². The van der Waals surface area contributed by atoms with Crippen molar-refractivity contribution in [2.75, 3.05) is 0 Å². The summed E-state index contributed by atoms with van der Waals surface area (Å²) in [6, 6.07) is 9.41. The van der Waals surface area contributed by atoms with Gasteiger partial charge in [0.25, 0.3) is 0 Å². The SMILES string of the molecule is CCCCC(C)(O)Oc1ccccc1. The van der Waals surface area contributed by atoms with E-state index in [9.17, 15) is 5.11 Å². The Kier molecular flexibility index (Phi) is 3.96. The van der Waals surface area contributed by atoms with Crippen LogP contribution in [-0.2, 0) is 0 Å². The van der Waals surface area contributed by atoms with Crippen LogP contribution in [0, 0.1) is 0 Å². The third kappa shape index (κ3) is 3.79. The summed E-state index contributed by atoms with van der Waals surface area (Å²) < 4.78 is 5.46. The van der Waals surface area contributed by atoms with Crippen molar-refractivity contribution in [2.24, 2.45) is 0 Å². The molecule has 1 rings (SSSR count). The van der Waals surface area contributed by atoms with Crippen molar-refractivity contribution < 1.29 is 9.84 Å². The summed E-state index contributed by atoms with van der Waals surface area (Å²) in [6.07, 6.45) is 2.70. The molecule has 0 aromatic heterocycles. The molecule has 1 N–H and O–H groups in total. The summed E-state index contributed by atoms with van der Waals surface area (Å²) in [5.41, 5.74) is 0. The lowest BCUT2D eigenvalue weighted by molar-refractivity contribution is -0.127. The highest BCUT2D eigenvalue weighted by Crippen LogP contribution is 2.20. The summed E-state index contributed by atoms with van der Waals surface area (Å²) in [5, 5.41) is 9.88. The molecule has 1 aromatic rings. The maximum absolute atomic E-state index is 9.88. The number of hydrogen-bond acceptors (Lipinski definition) is 2. The largest absolute Gasteiger partial charge is 0.463 e. The Bertz CT molecular complexity index is 254. The third-order valence-electron chi connectivity index (χ3n) is 2.08. The second-order valence-corrected chi connectivity index (χ2v) is 3.69. The minimum absolute atomic E-state index is 0.665. The van der Waals surface area contributed by atoms with Gasteiger partial charge in [-0.3, -0.25) is 0 Å². The van der Waals surface area contributed by atoms with Gasteiger partial charge >= 0.3 is 0 Å². The van der Waals surface area contributed by atoms with Gasteiger partial charge in [-0.25, -0.2) is 0 Å². The zero-order valence-corrected chi connectivity index (χ0v) is 8.86. The molecule has 1 unspecified atom stereocenters. The molecule has 0 radical (unpaired) electrons. The van der Waals surface area contributed by atoms with Crippen molar-refractivity contribution in [3.8, 4) is 5.75 Å². The van der Waals surface area contributed by atoms with Gasteiger partial charge in [0.1, 0.15) is 5.75 Å². The Morgan fingerprint density at radius 2 is 1.93 bits per heavy atom. The first-order chi connectivity index (χ1) is 6.64. The van der Waals surface area contributed by atoms with Gasteiger partial charge in [-0.2, -0.15) is 0 Å². The smallest absolute Gasteiger partial charge is 0.205 e. The van der Waals surface area contributed by atoms with Crippen LogP contribution >= 0.6 is 0 Å². The fourth-order valence-electron chi connectivity index (χ4n) is 1.30. The maximum Gasteiger partial charge on any atom is 0.205 e. The van der Waals surface area contributed by atoms with Crippen LogP contribution in [0.2, 0.25) is 0 Å². The van der Waals surface area contributed by atoms with Crippen molar-refractivity contribution in [3.05, 3.63) is 30.3 Å². The molecule has 2 heteroatoms. The van der Waals surface area contributed by atoms with Crippen molar-refractivity contribution >= 4 is 0 Å². The Labute approximate surface area is 85.5 Å². The van der Waals surface area contributed by atoms with Crippen LogP contribution in [0.5, 0.6) is 5.75 Å². The quantitative estimate of drug-likeness (QED) is 0.730. The zero-order valence-electron chi connectivity index (χ0n) is 8.86. The molecule has 0 aliphatic rings. The monoisotopic (exact) mass is 194 g/mol. The fraction of sp³-hybridized carbons (Fsp3) is 0.500. The summed E-state index contributed by atoms with van der Waals surface area (Å²) in [6.45, 7) is 3.80. The predicted molar refractivity (Wildman–Crippen MR) is 57.2 cm³/mol. The number of ether oxygens (including phenoxy) is 1. The van der Waals surface area contributed by atoms with E-state index in [1.807, 2.05) is 30.3 Å². The second-order valence-electron chi connectivity index (χ2n) is 3.69. The summed E-state index contributed by atoms with van der Waals surface area (Å²) in [4.78, 5) is 0. The molecular weight excluding hydrogens is 176 g/mol. The topological polar surface area (TPSA) is 29.5 Å². The highest BCUT2D eigenvalue weighted by atomic mass is 16.6. The second kappa shape index (κ2) is 5.01. The molecule has 0 heterocycles. The van der Waals surface area contributed by atoms with Crippen molar-refractivity contribution in [1.82, 2.24) is 0 Å². The Morgan fingerprint density at radius 1 is 1.29 bits per heavy atom. The zero-order chi connectivity index (χ0) is 10.4. The Balaban J connectivity index is 2.50. The summed E-state index contributed by atoms with van der Waals surface area (Å²) in [7, 11) is 0. The summed E-state index contributed by atoms with van der Waals surface area (Å²) >= 11 is 0. The number of aliphatic hydroxyl groups is 1. The van der Waals surface area contributed by atoms with Crippen molar-refractivity contribution in [1.29, 1.82) is 0 Å². The number of unbranched alkanes of at least 4 members (excludes halogenated alkanes) is 1. The number of para-hydroxylation sites is 1. The van der Waals surface area contributed by atoms with Gasteiger partial charge in [-0.15, -0.1) is 0 Å². The van der Waals surface area contributed by atoms with E-state index in [1.165, 1.54) is 0 Å². The molecule has 0 saturated carbocycles. The van der Waals surface area contributed by atoms with Gasteiger partial charge in [0, 0.05) is 13.3 Å². The molecule has 1 aromatic carbocycles. The average molecular weight is 194 g/mol. The third-order valence-corrected chi connectivity index (χ3v) is 2.08. The van der Waals surface area contributed by atoms with Crippen LogP contribution in [0.4, 0.5) is 0 Å². The first kappa shape index (κ1) is 11.1. The van der Waals surface area contributed by atoms with Crippen LogP contribution in [0.25, 0.3) is 0 Å².